The molecule has 1 atom stereocenters. The Kier molecular flexibility index (Phi) is 4.20. The van der Waals surface area contributed by atoms with Crippen LogP contribution in [-0.4, -0.2) is 16.9 Å². The van der Waals surface area contributed by atoms with Crippen molar-refractivity contribution < 1.29 is 31.1 Å². The minimum atomic E-state index is -4.73. The van der Waals surface area contributed by atoms with Crippen LogP contribution in [0.25, 0.3) is 0 Å². The number of pyridine rings is 1. The number of amides is 1. The van der Waals surface area contributed by atoms with Crippen LogP contribution in [0.1, 0.15) is 34.0 Å². The maximum Gasteiger partial charge on any atom is 0.418 e. The van der Waals surface area contributed by atoms with Gasteiger partial charge in [0.15, 0.2) is 0 Å². The highest BCUT2D eigenvalue weighted by atomic mass is 19.4. The van der Waals surface area contributed by atoms with Gasteiger partial charge in [-0.15, -0.1) is 0 Å². The molecule has 9 heteroatoms. The SMILES string of the molecule is CC1Cc2ccc(C(F)(F)F)cc2C(=O)N1c1cnccc1C(F)(F)F. The lowest BCUT2D eigenvalue weighted by Gasteiger charge is -2.36. The third-order valence-corrected chi connectivity index (χ3v) is 4.21. The molecule has 0 saturated heterocycles. The zero-order chi connectivity index (χ0) is 19.3. The fourth-order valence-electron chi connectivity index (χ4n) is 3.03. The second kappa shape index (κ2) is 6.00. The topological polar surface area (TPSA) is 33.2 Å². The van der Waals surface area contributed by atoms with E-state index in [9.17, 15) is 31.1 Å². The molecule has 0 radical (unpaired) electrons. The summed E-state index contributed by atoms with van der Waals surface area (Å²) in [5.41, 5.74) is -2.45. The molecule has 1 aromatic heterocycles. The van der Waals surface area contributed by atoms with Crippen molar-refractivity contribution in [3.63, 3.8) is 0 Å². The molecule has 26 heavy (non-hydrogen) atoms. The Balaban J connectivity index is 2.12. The Morgan fingerprint density at radius 1 is 1.08 bits per heavy atom. The first kappa shape index (κ1) is 18.2. The highest BCUT2D eigenvalue weighted by molar-refractivity contribution is 6.09. The van der Waals surface area contributed by atoms with E-state index in [1.807, 2.05) is 0 Å². The van der Waals surface area contributed by atoms with Crippen LogP contribution < -0.4 is 4.90 Å². The Hall–Kier alpha value is -2.58. The molecular formula is C17H12F6N2O. The van der Waals surface area contributed by atoms with Crippen molar-refractivity contribution in [2.45, 2.75) is 31.7 Å². The van der Waals surface area contributed by atoms with Gasteiger partial charge in [0.2, 0.25) is 0 Å². The van der Waals surface area contributed by atoms with E-state index in [0.29, 0.717) is 11.6 Å². The van der Waals surface area contributed by atoms with E-state index < -0.39 is 41.1 Å². The second-order valence-corrected chi connectivity index (χ2v) is 5.99. The Morgan fingerprint density at radius 2 is 1.77 bits per heavy atom. The Labute approximate surface area is 144 Å². The number of anilines is 1. The molecule has 0 fully saturated rings. The molecule has 1 amide bonds. The number of alkyl halides is 6. The van der Waals surface area contributed by atoms with Crippen LogP contribution in [-0.2, 0) is 18.8 Å². The first-order valence-corrected chi connectivity index (χ1v) is 7.55. The summed E-state index contributed by atoms with van der Waals surface area (Å²) in [6.07, 6.45) is -7.41. The quantitative estimate of drug-likeness (QED) is 0.678. The van der Waals surface area contributed by atoms with Crippen LogP contribution in [0.5, 0.6) is 0 Å². The van der Waals surface area contributed by atoms with E-state index in [1.54, 1.807) is 0 Å². The number of rotatable bonds is 1. The maximum atomic E-state index is 13.3. The van der Waals surface area contributed by atoms with Gasteiger partial charge >= 0.3 is 12.4 Å². The van der Waals surface area contributed by atoms with Gasteiger partial charge in [-0.3, -0.25) is 9.78 Å². The van der Waals surface area contributed by atoms with E-state index in [4.69, 9.17) is 0 Å². The van der Waals surface area contributed by atoms with Crippen molar-refractivity contribution in [2.24, 2.45) is 0 Å². The largest absolute Gasteiger partial charge is 0.418 e. The predicted octanol–water partition coefficient (Wildman–Crippen LogP) is 4.71. The summed E-state index contributed by atoms with van der Waals surface area (Å²) in [6, 6.07) is 2.80. The second-order valence-electron chi connectivity index (χ2n) is 5.99. The first-order valence-electron chi connectivity index (χ1n) is 7.55. The lowest BCUT2D eigenvalue weighted by atomic mass is 9.91. The number of hydrogen-bond acceptors (Lipinski definition) is 2. The predicted molar refractivity (Wildman–Crippen MR) is 80.7 cm³/mol. The van der Waals surface area contributed by atoms with Crippen molar-refractivity contribution >= 4 is 11.6 Å². The van der Waals surface area contributed by atoms with Crippen LogP contribution in [0.4, 0.5) is 32.0 Å². The summed E-state index contributed by atoms with van der Waals surface area (Å²) in [7, 11) is 0. The summed E-state index contributed by atoms with van der Waals surface area (Å²) >= 11 is 0. The van der Waals surface area contributed by atoms with Crippen LogP contribution in [0.2, 0.25) is 0 Å². The number of fused-ring (bicyclic) bond motifs is 1. The average Bonchev–Trinajstić information content (AvgIpc) is 2.53. The number of nitrogens with zero attached hydrogens (tertiary/aromatic N) is 2. The van der Waals surface area contributed by atoms with Gasteiger partial charge in [0, 0.05) is 17.8 Å². The van der Waals surface area contributed by atoms with Crippen LogP contribution in [0.15, 0.2) is 36.7 Å². The minimum absolute atomic E-state index is 0.130. The third-order valence-electron chi connectivity index (χ3n) is 4.21. The average molecular weight is 374 g/mol. The molecule has 3 nitrogen and oxygen atoms in total. The molecule has 138 valence electrons. The van der Waals surface area contributed by atoms with Gasteiger partial charge < -0.3 is 4.90 Å². The first-order chi connectivity index (χ1) is 12.0. The normalized spacial score (nSPS) is 18.0. The van der Waals surface area contributed by atoms with Crippen molar-refractivity contribution in [2.75, 3.05) is 4.90 Å². The van der Waals surface area contributed by atoms with Gasteiger partial charge in [0.1, 0.15) is 0 Å². The van der Waals surface area contributed by atoms with E-state index in [1.165, 1.54) is 13.0 Å². The van der Waals surface area contributed by atoms with Crippen LogP contribution in [0, 0.1) is 0 Å². The minimum Gasteiger partial charge on any atom is -0.303 e. The van der Waals surface area contributed by atoms with Crippen molar-refractivity contribution in [3.05, 3.63) is 58.9 Å². The number of carbonyl (C=O) groups excluding carboxylic acids is 1. The third kappa shape index (κ3) is 3.13. The molecule has 0 spiro atoms. The standard InChI is InChI=1S/C17H12F6N2O/c1-9-6-10-2-3-11(16(18,19)20)7-12(10)15(26)25(9)14-8-24-5-4-13(14)17(21,22)23/h2-5,7-9H,6H2,1H3. The molecule has 2 heterocycles. The van der Waals surface area contributed by atoms with Crippen molar-refractivity contribution in [1.29, 1.82) is 0 Å². The number of benzene rings is 1. The van der Waals surface area contributed by atoms with E-state index >= 15 is 0 Å². The molecule has 1 unspecified atom stereocenters. The Morgan fingerprint density at radius 3 is 2.38 bits per heavy atom. The highest BCUT2D eigenvalue weighted by Gasteiger charge is 2.40. The Bertz CT molecular complexity index is 859. The smallest absolute Gasteiger partial charge is 0.303 e. The number of aromatic nitrogens is 1. The molecule has 0 saturated carbocycles. The molecular weight excluding hydrogens is 362 g/mol. The molecule has 1 aliphatic rings. The summed E-state index contributed by atoms with van der Waals surface area (Å²) < 4.78 is 78.5. The van der Waals surface area contributed by atoms with E-state index in [0.717, 1.165) is 29.4 Å². The van der Waals surface area contributed by atoms with Gasteiger partial charge in [-0.2, -0.15) is 26.3 Å². The summed E-state index contributed by atoms with van der Waals surface area (Å²) in [5, 5.41) is 0. The van der Waals surface area contributed by atoms with Gasteiger partial charge in [0.25, 0.3) is 5.91 Å². The highest BCUT2D eigenvalue weighted by Crippen LogP contribution is 2.40. The number of hydrogen-bond donors (Lipinski definition) is 0. The van der Waals surface area contributed by atoms with Crippen molar-refractivity contribution in [1.82, 2.24) is 4.98 Å². The molecule has 1 aromatic carbocycles. The zero-order valence-electron chi connectivity index (χ0n) is 13.3. The number of carbonyl (C=O) groups is 1. The lowest BCUT2D eigenvalue weighted by Crippen LogP contribution is -2.45. The summed E-state index contributed by atoms with van der Waals surface area (Å²) in [5.74, 6) is -0.914. The molecule has 0 aliphatic carbocycles. The van der Waals surface area contributed by atoms with Crippen molar-refractivity contribution in [3.8, 4) is 0 Å². The molecule has 3 rings (SSSR count). The molecule has 0 bridgehead atoms. The lowest BCUT2D eigenvalue weighted by molar-refractivity contribution is -0.138. The molecule has 2 aromatic rings. The number of halogens is 6. The monoisotopic (exact) mass is 374 g/mol. The summed E-state index contributed by atoms with van der Waals surface area (Å²) in [6.45, 7) is 1.53. The van der Waals surface area contributed by atoms with E-state index in [2.05, 4.69) is 4.98 Å². The molecule has 0 N–H and O–H groups in total. The van der Waals surface area contributed by atoms with Crippen LogP contribution in [0.3, 0.4) is 0 Å². The summed E-state index contributed by atoms with van der Waals surface area (Å²) in [4.78, 5) is 17.3. The maximum absolute atomic E-state index is 13.3. The van der Waals surface area contributed by atoms with E-state index in [-0.39, 0.29) is 12.0 Å². The van der Waals surface area contributed by atoms with Gasteiger partial charge in [-0.1, -0.05) is 6.07 Å². The van der Waals surface area contributed by atoms with Gasteiger partial charge in [0.05, 0.1) is 23.0 Å². The fraction of sp³-hybridized carbons (Fsp3) is 0.294. The zero-order valence-corrected chi connectivity index (χ0v) is 13.3. The molecule has 1 aliphatic heterocycles. The van der Waals surface area contributed by atoms with Gasteiger partial charge in [-0.05, 0) is 37.1 Å². The van der Waals surface area contributed by atoms with Crippen LogP contribution >= 0.6 is 0 Å². The van der Waals surface area contributed by atoms with Gasteiger partial charge in [-0.25, -0.2) is 0 Å². The fourth-order valence-corrected chi connectivity index (χ4v) is 3.03.